The van der Waals surface area contributed by atoms with Gasteiger partial charge in [-0.2, -0.15) is 5.26 Å². The molecule has 9 heteroatoms. The zero-order valence-corrected chi connectivity index (χ0v) is 16.0. The van der Waals surface area contributed by atoms with E-state index in [1.165, 1.54) is 14.2 Å². The number of fused-ring (bicyclic) bond motifs is 1. The van der Waals surface area contributed by atoms with Crippen molar-refractivity contribution in [2.75, 3.05) is 14.2 Å². The minimum atomic E-state index is -1.04. The minimum Gasteiger partial charge on any atom is -0.497 e. The SMILES string of the molecule is COc1ccc(OC)c(-c2[nH]nc3c2C(c2cc(F)ccc2F)C(C#N)=C(N)O3)c1. The van der Waals surface area contributed by atoms with E-state index in [-0.39, 0.29) is 22.9 Å². The zero-order valence-electron chi connectivity index (χ0n) is 16.0. The van der Waals surface area contributed by atoms with Crippen molar-refractivity contribution in [3.05, 3.63) is 70.6 Å². The summed E-state index contributed by atoms with van der Waals surface area (Å²) < 4.78 is 44.9. The van der Waals surface area contributed by atoms with E-state index in [9.17, 15) is 14.0 Å². The first-order chi connectivity index (χ1) is 14.5. The van der Waals surface area contributed by atoms with Crippen LogP contribution in [-0.2, 0) is 0 Å². The molecule has 2 aromatic carbocycles. The normalized spacial score (nSPS) is 15.2. The number of H-pyrrole nitrogens is 1. The fourth-order valence-electron chi connectivity index (χ4n) is 3.51. The summed E-state index contributed by atoms with van der Waals surface area (Å²) in [4.78, 5) is 0. The van der Waals surface area contributed by atoms with Gasteiger partial charge in [0.05, 0.1) is 31.4 Å². The highest BCUT2D eigenvalue weighted by Crippen LogP contribution is 2.48. The van der Waals surface area contributed by atoms with Gasteiger partial charge < -0.3 is 19.9 Å². The highest BCUT2D eigenvalue weighted by Gasteiger charge is 2.37. The first kappa shape index (κ1) is 19.3. The maximum Gasteiger partial charge on any atom is 0.244 e. The lowest BCUT2D eigenvalue weighted by Crippen LogP contribution is -2.21. The number of ether oxygens (including phenoxy) is 3. The third-order valence-electron chi connectivity index (χ3n) is 4.88. The molecule has 0 saturated heterocycles. The van der Waals surface area contributed by atoms with Crippen molar-refractivity contribution >= 4 is 0 Å². The Bertz CT molecular complexity index is 1210. The standard InChI is InChI=1S/C21H16F2N4O3/c1-28-11-4-6-16(29-2)13(8-11)19-18-17(12-7-10(22)3-5-15(12)23)14(9-24)20(25)30-21(18)27-26-19/h3-8,17H,25H2,1-2H3,(H,26,27). The number of benzene rings is 2. The molecule has 4 rings (SSSR count). The zero-order chi connectivity index (χ0) is 21.4. The number of nitrogens with zero attached hydrogens (tertiary/aromatic N) is 2. The van der Waals surface area contributed by atoms with Crippen molar-refractivity contribution in [3.8, 4) is 34.7 Å². The number of aromatic nitrogens is 2. The van der Waals surface area contributed by atoms with Crippen LogP contribution in [0, 0.1) is 23.0 Å². The average Bonchev–Trinajstić information content (AvgIpc) is 3.17. The van der Waals surface area contributed by atoms with Gasteiger partial charge in [0.15, 0.2) is 0 Å². The molecule has 3 aromatic rings. The first-order valence-corrected chi connectivity index (χ1v) is 8.81. The van der Waals surface area contributed by atoms with E-state index in [2.05, 4.69) is 10.2 Å². The third kappa shape index (κ3) is 2.99. The van der Waals surface area contributed by atoms with Crippen LogP contribution in [0.1, 0.15) is 17.0 Å². The molecule has 152 valence electrons. The van der Waals surface area contributed by atoms with Gasteiger partial charge in [0.25, 0.3) is 0 Å². The van der Waals surface area contributed by atoms with Gasteiger partial charge in [-0.05, 0) is 36.4 Å². The molecule has 1 aliphatic heterocycles. The molecule has 1 atom stereocenters. The van der Waals surface area contributed by atoms with Crippen molar-refractivity contribution < 1.29 is 23.0 Å². The largest absolute Gasteiger partial charge is 0.497 e. The van der Waals surface area contributed by atoms with E-state index in [1.54, 1.807) is 18.2 Å². The molecule has 0 saturated carbocycles. The van der Waals surface area contributed by atoms with Gasteiger partial charge in [0.1, 0.15) is 34.8 Å². The van der Waals surface area contributed by atoms with Crippen LogP contribution < -0.4 is 19.9 Å². The summed E-state index contributed by atoms with van der Waals surface area (Å²) in [7, 11) is 3.01. The maximum absolute atomic E-state index is 14.7. The van der Waals surface area contributed by atoms with E-state index in [4.69, 9.17) is 19.9 Å². The summed E-state index contributed by atoms with van der Waals surface area (Å²) >= 11 is 0. The number of nitrogens with one attached hydrogen (secondary N) is 1. The molecule has 1 unspecified atom stereocenters. The number of rotatable bonds is 4. The summed E-state index contributed by atoms with van der Waals surface area (Å²) in [6, 6.07) is 10.1. The predicted octanol–water partition coefficient (Wildman–Crippen LogP) is 3.59. The summed E-state index contributed by atoms with van der Waals surface area (Å²) in [5, 5.41) is 16.7. The number of allylic oxidation sites excluding steroid dienone is 1. The number of nitriles is 1. The van der Waals surface area contributed by atoms with Gasteiger partial charge >= 0.3 is 0 Å². The Morgan fingerprint density at radius 2 is 1.97 bits per heavy atom. The minimum absolute atomic E-state index is 0.0556. The van der Waals surface area contributed by atoms with Crippen LogP contribution >= 0.6 is 0 Å². The third-order valence-corrected chi connectivity index (χ3v) is 4.88. The Balaban J connectivity index is 2.01. The average molecular weight is 410 g/mol. The van der Waals surface area contributed by atoms with Crippen LogP contribution in [0.3, 0.4) is 0 Å². The molecule has 1 aromatic heterocycles. The van der Waals surface area contributed by atoms with Crippen LogP contribution in [0.2, 0.25) is 0 Å². The van der Waals surface area contributed by atoms with Crippen molar-refractivity contribution in [1.29, 1.82) is 5.26 Å². The molecule has 3 N–H and O–H groups in total. The maximum atomic E-state index is 14.7. The summed E-state index contributed by atoms with van der Waals surface area (Å²) in [5.41, 5.74) is 7.03. The van der Waals surface area contributed by atoms with Crippen LogP contribution in [0.5, 0.6) is 17.4 Å². The lowest BCUT2D eigenvalue weighted by molar-refractivity contribution is 0.377. The topological polar surface area (TPSA) is 106 Å². The number of methoxy groups -OCH3 is 2. The first-order valence-electron chi connectivity index (χ1n) is 8.81. The fraction of sp³-hybridized carbons (Fsp3) is 0.143. The number of halogens is 2. The molecular weight excluding hydrogens is 394 g/mol. The van der Waals surface area contributed by atoms with Crippen LogP contribution in [0.25, 0.3) is 11.3 Å². The van der Waals surface area contributed by atoms with Crippen molar-refractivity contribution in [2.24, 2.45) is 5.73 Å². The quantitative estimate of drug-likeness (QED) is 0.681. The van der Waals surface area contributed by atoms with Crippen LogP contribution in [0.4, 0.5) is 8.78 Å². The smallest absolute Gasteiger partial charge is 0.244 e. The lowest BCUT2D eigenvalue weighted by Gasteiger charge is -2.24. The fourth-order valence-corrected chi connectivity index (χ4v) is 3.51. The summed E-state index contributed by atoms with van der Waals surface area (Å²) in [6.07, 6.45) is 0. The molecule has 0 radical (unpaired) electrons. The number of aromatic amines is 1. The van der Waals surface area contributed by atoms with Gasteiger partial charge in [0.2, 0.25) is 11.8 Å². The van der Waals surface area contributed by atoms with E-state index in [0.29, 0.717) is 28.3 Å². The van der Waals surface area contributed by atoms with Gasteiger partial charge in [-0.3, -0.25) is 5.10 Å². The lowest BCUT2D eigenvalue weighted by atomic mass is 9.82. The second kappa shape index (κ2) is 7.40. The van der Waals surface area contributed by atoms with E-state index in [1.807, 2.05) is 6.07 Å². The monoisotopic (exact) mass is 410 g/mol. The molecular formula is C21H16F2N4O3. The number of nitrogens with two attached hydrogens (primary N) is 1. The predicted molar refractivity (Wildman–Crippen MR) is 103 cm³/mol. The van der Waals surface area contributed by atoms with Crippen molar-refractivity contribution in [2.45, 2.75) is 5.92 Å². The Morgan fingerprint density at radius 3 is 2.67 bits per heavy atom. The molecule has 2 heterocycles. The second-order valence-corrected chi connectivity index (χ2v) is 6.47. The molecule has 7 nitrogen and oxygen atoms in total. The summed E-state index contributed by atoms with van der Waals surface area (Å²) in [6.45, 7) is 0. The van der Waals surface area contributed by atoms with Crippen molar-refractivity contribution in [1.82, 2.24) is 10.2 Å². The molecule has 1 aliphatic rings. The Hall–Kier alpha value is -4.06. The Morgan fingerprint density at radius 1 is 1.17 bits per heavy atom. The summed E-state index contributed by atoms with van der Waals surface area (Å²) in [5.74, 6) is -1.55. The number of hydrogen-bond donors (Lipinski definition) is 2. The van der Waals surface area contributed by atoms with Crippen molar-refractivity contribution in [3.63, 3.8) is 0 Å². The molecule has 30 heavy (non-hydrogen) atoms. The highest BCUT2D eigenvalue weighted by atomic mass is 19.1. The molecule has 0 amide bonds. The second-order valence-electron chi connectivity index (χ2n) is 6.47. The number of hydrogen-bond acceptors (Lipinski definition) is 6. The van der Waals surface area contributed by atoms with Gasteiger partial charge in [-0.1, -0.05) is 0 Å². The molecule has 0 spiro atoms. The Kier molecular flexibility index (Phi) is 4.75. The Labute approximate surface area is 170 Å². The highest BCUT2D eigenvalue weighted by molar-refractivity contribution is 5.76. The molecule has 0 fully saturated rings. The molecule has 0 aliphatic carbocycles. The van der Waals surface area contributed by atoms with E-state index >= 15 is 0 Å². The van der Waals surface area contributed by atoms with Gasteiger partial charge in [-0.25, -0.2) is 8.78 Å². The van der Waals surface area contributed by atoms with Crippen LogP contribution in [0.15, 0.2) is 47.9 Å². The van der Waals surface area contributed by atoms with Gasteiger partial charge in [0, 0.05) is 11.1 Å². The van der Waals surface area contributed by atoms with Gasteiger partial charge in [-0.15, -0.1) is 5.10 Å². The van der Waals surface area contributed by atoms with E-state index in [0.717, 1.165) is 18.2 Å². The van der Waals surface area contributed by atoms with Crippen LogP contribution in [-0.4, -0.2) is 24.4 Å². The van der Waals surface area contributed by atoms with E-state index < -0.39 is 17.6 Å². The molecule has 0 bridgehead atoms.